The summed E-state index contributed by atoms with van der Waals surface area (Å²) in [6.45, 7) is 7.32. The molecule has 1 rings (SSSR count). The highest BCUT2D eigenvalue weighted by Crippen LogP contribution is 2.29. The molecule has 0 aromatic heterocycles. The summed E-state index contributed by atoms with van der Waals surface area (Å²) < 4.78 is 48.7. The number of aryl methyl sites for hydroxylation is 1. The van der Waals surface area contributed by atoms with E-state index in [2.05, 4.69) is 0 Å². The van der Waals surface area contributed by atoms with Crippen LogP contribution in [0, 0.1) is 0 Å². The predicted molar refractivity (Wildman–Crippen MR) is 85.0 cm³/mol. The first kappa shape index (κ1) is 20.2. The van der Waals surface area contributed by atoms with Crippen molar-refractivity contribution in [1.29, 1.82) is 0 Å². The molecule has 0 heterocycles. The lowest BCUT2D eigenvalue weighted by Crippen LogP contribution is -2.46. The first-order valence-corrected chi connectivity index (χ1v) is 9.73. The summed E-state index contributed by atoms with van der Waals surface area (Å²) in [5.41, 5.74) is 0.141. The third-order valence-electron chi connectivity index (χ3n) is 3.08. The number of halogens is 3. The summed E-state index contributed by atoms with van der Waals surface area (Å²) >= 11 is 0. The molecule has 7 heteroatoms. The number of benzene rings is 1. The van der Waals surface area contributed by atoms with E-state index in [0.29, 0.717) is 18.9 Å². The Morgan fingerprint density at radius 2 is 1.48 bits per heavy atom. The van der Waals surface area contributed by atoms with E-state index in [1.807, 2.05) is 27.7 Å². The molecule has 0 aliphatic heterocycles. The third kappa shape index (κ3) is 7.47. The molecule has 0 saturated carbocycles. The first-order chi connectivity index (χ1) is 10.5. The van der Waals surface area contributed by atoms with E-state index in [-0.39, 0.29) is 12.2 Å². The molecule has 1 aromatic rings. The van der Waals surface area contributed by atoms with Gasteiger partial charge in [0.15, 0.2) is 0 Å². The van der Waals surface area contributed by atoms with Gasteiger partial charge >= 0.3 is 15.0 Å². The van der Waals surface area contributed by atoms with Crippen molar-refractivity contribution in [2.24, 2.45) is 0 Å². The average molecular weight is 350 g/mol. The van der Waals surface area contributed by atoms with Gasteiger partial charge in [0, 0.05) is 18.3 Å². The van der Waals surface area contributed by atoms with Crippen molar-refractivity contribution in [3.8, 4) is 0 Å². The van der Waals surface area contributed by atoms with Gasteiger partial charge in [-0.2, -0.15) is 13.2 Å². The van der Waals surface area contributed by atoms with Crippen molar-refractivity contribution < 1.29 is 26.8 Å². The number of alkyl halides is 3. The second-order valence-electron chi connectivity index (χ2n) is 6.09. The predicted octanol–water partition coefficient (Wildman–Crippen LogP) is 4.42. The van der Waals surface area contributed by atoms with E-state index in [1.54, 1.807) is 0 Å². The van der Waals surface area contributed by atoms with Gasteiger partial charge in [-0.3, -0.25) is 0 Å². The molecule has 132 valence electrons. The molecule has 0 aliphatic rings. The van der Waals surface area contributed by atoms with Gasteiger partial charge in [0.05, 0.1) is 5.56 Å². The Balaban J connectivity index is 2.59. The van der Waals surface area contributed by atoms with E-state index in [1.165, 1.54) is 12.1 Å². The quantitative estimate of drug-likeness (QED) is 0.706. The van der Waals surface area contributed by atoms with Crippen molar-refractivity contribution in [1.82, 2.24) is 0 Å². The van der Waals surface area contributed by atoms with Crippen LogP contribution in [0.1, 0.15) is 45.2 Å². The van der Waals surface area contributed by atoms with E-state index < -0.39 is 20.5 Å². The molecule has 3 nitrogen and oxygen atoms in total. The van der Waals surface area contributed by atoms with Crippen molar-refractivity contribution in [2.75, 3.05) is 0 Å². The molecule has 0 saturated heterocycles. The van der Waals surface area contributed by atoms with Gasteiger partial charge in [-0.15, -0.1) is 0 Å². The highest BCUT2D eigenvalue weighted by atomic mass is 28.4. The summed E-state index contributed by atoms with van der Waals surface area (Å²) in [7, 11) is -3.25. The van der Waals surface area contributed by atoms with E-state index >= 15 is 0 Å². The second-order valence-corrected chi connectivity index (χ2v) is 8.49. The highest BCUT2D eigenvalue weighted by Gasteiger charge is 2.38. The van der Waals surface area contributed by atoms with Gasteiger partial charge in [0.2, 0.25) is 0 Å². The fourth-order valence-corrected chi connectivity index (χ4v) is 4.65. The van der Waals surface area contributed by atoms with Gasteiger partial charge in [0.25, 0.3) is 0 Å². The average Bonchev–Trinajstić information content (AvgIpc) is 2.35. The maximum absolute atomic E-state index is 12.5. The molecule has 0 atom stereocenters. The third-order valence-corrected chi connectivity index (χ3v) is 5.74. The first-order valence-electron chi connectivity index (χ1n) is 7.76. The lowest BCUT2D eigenvalue weighted by Gasteiger charge is -2.28. The lowest BCUT2D eigenvalue weighted by atomic mass is 10.1. The number of hydrogen-bond acceptors (Lipinski definition) is 3. The van der Waals surface area contributed by atoms with Crippen molar-refractivity contribution in [2.45, 2.75) is 65.0 Å². The van der Waals surface area contributed by atoms with Crippen LogP contribution in [0.3, 0.4) is 0 Å². The monoisotopic (exact) mass is 350 g/mol. The van der Waals surface area contributed by atoms with Crippen LogP contribution in [0.2, 0.25) is 6.04 Å². The summed E-state index contributed by atoms with van der Waals surface area (Å²) in [5, 5.41) is 0. The molecule has 0 amide bonds. The highest BCUT2D eigenvalue weighted by molar-refractivity contribution is 6.59. The standard InChI is InChI=1S/C16H25F3O3Si/c1-12(2)21-23(20,22-13(3)4)11-5-6-14-7-9-15(10-8-14)16(17,18)19/h7-10,12-13,20H,5-6,11H2,1-4H3. The van der Waals surface area contributed by atoms with Crippen LogP contribution in [0.15, 0.2) is 24.3 Å². The van der Waals surface area contributed by atoms with E-state index in [9.17, 15) is 18.0 Å². The van der Waals surface area contributed by atoms with Gasteiger partial charge in [0.1, 0.15) is 0 Å². The molecule has 23 heavy (non-hydrogen) atoms. The molecule has 0 aliphatic carbocycles. The zero-order chi connectivity index (χ0) is 17.7. The molecule has 0 fully saturated rings. The fourth-order valence-electron chi connectivity index (χ4n) is 2.26. The van der Waals surface area contributed by atoms with Gasteiger partial charge in [-0.05, 0) is 58.2 Å². The summed E-state index contributed by atoms with van der Waals surface area (Å²) in [5.74, 6) is 0. The number of hydrogen-bond donors (Lipinski definition) is 1. The van der Waals surface area contributed by atoms with E-state index in [4.69, 9.17) is 8.85 Å². The maximum atomic E-state index is 12.5. The van der Waals surface area contributed by atoms with Crippen LogP contribution in [0.4, 0.5) is 13.2 Å². The zero-order valence-corrected chi connectivity index (χ0v) is 15.0. The van der Waals surface area contributed by atoms with Crippen molar-refractivity contribution >= 4 is 8.80 Å². The molecule has 1 aromatic carbocycles. The summed E-state index contributed by atoms with van der Waals surface area (Å²) in [6.07, 6.45) is -3.45. The van der Waals surface area contributed by atoms with Crippen LogP contribution >= 0.6 is 0 Å². The molecule has 0 spiro atoms. The van der Waals surface area contributed by atoms with Crippen LogP contribution in [-0.2, 0) is 21.4 Å². The molecule has 0 unspecified atom stereocenters. The Hall–Kier alpha value is -0.893. The Morgan fingerprint density at radius 1 is 1.00 bits per heavy atom. The fraction of sp³-hybridized carbons (Fsp3) is 0.625. The molecule has 1 N–H and O–H groups in total. The molecule has 0 radical (unpaired) electrons. The minimum Gasteiger partial charge on any atom is -0.390 e. The van der Waals surface area contributed by atoms with Crippen molar-refractivity contribution in [3.63, 3.8) is 0 Å². The zero-order valence-electron chi connectivity index (χ0n) is 14.0. The number of rotatable bonds is 8. The second kappa shape index (κ2) is 8.28. The Morgan fingerprint density at radius 3 is 1.87 bits per heavy atom. The molecular formula is C16H25F3O3Si. The summed E-state index contributed by atoms with van der Waals surface area (Å²) in [6, 6.07) is 5.47. The summed E-state index contributed by atoms with van der Waals surface area (Å²) in [4.78, 5) is 10.5. The lowest BCUT2D eigenvalue weighted by molar-refractivity contribution is -0.137. The maximum Gasteiger partial charge on any atom is 0.498 e. The molecule has 0 bridgehead atoms. The minimum atomic E-state index is -4.32. The minimum absolute atomic E-state index is 0.142. The van der Waals surface area contributed by atoms with Crippen LogP contribution < -0.4 is 0 Å². The van der Waals surface area contributed by atoms with E-state index in [0.717, 1.165) is 17.7 Å². The SMILES string of the molecule is CC(C)O[Si](O)(CCCc1ccc(C(F)(F)F)cc1)OC(C)C. The largest absolute Gasteiger partial charge is 0.498 e. The van der Waals surface area contributed by atoms with Crippen molar-refractivity contribution in [3.05, 3.63) is 35.4 Å². The molecular weight excluding hydrogens is 325 g/mol. The van der Waals surface area contributed by atoms with Gasteiger partial charge < -0.3 is 13.6 Å². The van der Waals surface area contributed by atoms with Gasteiger partial charge in [-0.1, -0.05) is 12.1 Å². The normalized spacial score (nSPS) is 13.1. The van der Waals surface area contributed by atoms with Gasteiger partial charge in [-0.25, -0.2) is 0 Å². The van der Waals surface area contributed by atoms with Crippen LogP contribution in [0.5, 0.6) is 0 Å². The van der Waals surface area contributed by atoms with Crippen LogP contribution in [-0.4, -0.2) is 25.8 Å². The topological polar surface area (TPSA) is 38.7 Å². The Kier molecular flexibility index (Phi) is 7.25. The Labute approximate surface area is 136 Å². The Bertz CT molecular complexity index is 462. The smallest absolute Gasteiger partial charge is 0.390 e. The van der Waals surface area contributed by atoms with Crippen LogP contribution in [0.25, 0.3) is 0 Å².